The van der Waals surface area contributed by atoms with E-state index in [1.54, 1.807) is 0 Å². The third-order valence-electron chi connectivity index (χ3n) is 3.54. The van der Waals surface area contributed by atoms with Crippen molar-refractivity contribution in [1.82, 2.24) is 0 Å². The zero-order valence-electron chi connectivity index (χ0n) is 12.4. The van der Waals surface area contributed by atoms with Crippen LogP contribution in [0.25, 0.3) is 11.1 Å². The summed E-state index contributed by atoms with van der Waals surface area (Å²) in [6.07, 6.45) is 3.99. The Kier molecular flexibility index (Phi) is 6.04. The van der Waals surface area contributed by atoms with E-state index in [1.165, 1.54) is 11.1 Å². The summed E-state index contributed by atoms with van der Waals surface area (Å²) in [5.41, 5.74) is 7.95. The van der Waals surface area contributed by atoms with Gasteiger partial charge in [0.25, 0.3) is 0 Å². The first kappa shape index (κ1) is 15.3. The molecule has 2 aromatic rings. The number of hydrogen-bond donors (Lipinski definition) is 1. The second-order valence-corrected chi connectivity index (χ2v) is 5.13. The van der Waals surface area contributed by atoms with E-state index in [1.807, 2.05) is 36.4 Å². The highest BCUT2D eigenvalue weighted by Crippen LogP contribution is 2.22. The van der Waals surface area contributed by atoms with Crippen molar-refractivity contribution < 1.29 is 4.74 Å². The van der Waals surface area contributed by atoms with E-state index in [2.05, 4.69) is 30.8 Å². The summed E-state index contributed by atoms with van der Waals surface area (Å²) in [5.74, 6) is 1.26. The summed E-state index contributed by atoms with van der Waals surface area (Å²) in [7, 11) is 0. The molecule has 110 valence electrons. The monoisotopic (exact) mass is 281 g/mol. The van der Waals surface area contributed by atoms with Crippen LogP contribution in [0.2, 0.25) is 0 Å². The summed E-state index contributed by atoms with van der Waals surface area (Å²) in [5, 5.41) is 0. The Labute approximate surface area is 127 Å². The van der Waals surface area contributed by atoms with Gasteiger partial charge in [-0.1, -0.05) is 48.5 Å². The molecule has 0 amide bonds. The fraction of sp³-hybridized carbons (Fsp3) is 0.263. The van der Waals surface area contributed by atoms with Crippen molar-refractivity contribution in [1.29, 1.82) is 0 Å². The smallest absolute Gasteiger partial charge is 0.119 e. The summed E-state index contributed by atoms with van der Waals surface area (Å²) in [6, 6.07) is 18.6. The Morgan fingerprint density at radius 3 is 2.29 bits per heavy atom. The molecule has 0 spiro atoms. The lowest BCUT2D eigenvalue weighted by Gasteiger charge is -2.13. The maximum absolute atomic E-state index is 5.83. The molecule has 0 fully saturated rings. The molecule has 0 aliphatic carbocycles. The number of nitrogens with two attached hydrogens (primary N) is 1. The van der Waals surface area contributed by atoms with E-state index in [0.29, 0.717) is 12.5 Å². The quantitative estimate of drug-likeness (QED) is 0.733. The standard InChI is InChI=1S/C19H23NO/c1-2-16(7-6-14-20)15-21-19-12-10-18(11-13-19)17-8-4-3-5-9-17/h2-5,8-13,16H,1,6-7,14-15,20H2. The maximum atomic E-state index is 5.83. The Bertz CT molecular complexity index is 533. The number of benzene rings is 2. The number of hydrogen-bond acceptors (Lipinski definition) is 2. The van der Waals surface area contributed by atoms with E-state index in [0.717, 1.165) is 25.1 Å². The van der Waals surface area contributed by atoms with Gasteiger partial charge in [0.1, 0.15) is 5.75 Å². The highest BCUT2D eigenvalue weighted by Gasteiger charge is 2.05. The van der Waals surface area contributed by atoms with Crippen LogP contribution in [0.4, 0.5) is 0 Å². The largest absolute Gasteiger partial charge is 0.493 e. The molecule has 2 rings (SSSR count). The lowest BCUT2D eigenvalue weighted by molar-refractivity contribution is 0.267. The van der Waals surface area contributed by atoms with Crippen LogP contribution >= 0.6 is 0 Å². The zero-order chi connectivity index (χ0) is 14.9. The highest BCUT2D eigenvalue weighted by molar-refractivity contribution is 5.63. The molecule has 2 N–H and O–H groups in total. The molecule has 0 radical (unpaired) electrons. The molecule has 0 aliphatic heterocycles. The molecule has 0 aromatic heterocycles. The van der Waals surface area contributed by atoms with E-state index < -0.39 is 0 Å². The first-order valence-corrected chi connectivity index (χ1v) is 7.44. The molecule has 1 unspecified atom stereocenters. The van der Waals surface area contributed by atoms with Gasteiger partial charge in [-0.2, -0.15) is 0 Å². The van der Waals surface area contributed by atoms with Crippen LogP contribution in [0.5, 0.6) is 5.75 Å². The molecule has 2 nitrogen and oxygen atoms in total. The van der Waals surface area contributed by atoms with Crippen LogP contribution in [-0.2, 0) is 0 Å². The van der Waals surface area contributed by atoms with Gasteiger partial charge in [-0.05, 0) is 42.6 Å². The van der Waals surface area contributed by atoms with Crippen LogP contribution in [0.3, 0.4) is 0 Å². The second kappa shape index (κ2) is 8.28. The van der Waals surface area contributed by atoms with Gasteiger partial charge in [0, 0.05) is 5.92 Å². The van der Waals surface area contributed by atoms with E-state index in [9.17, 15) is 0 Å². The summed E-state index contributed by atoms with van der Waals surface area (Å²) in [4.78, 5) is 0. The molecule has 2 aromatic carbocycles. The Balaban J connectivity index is 1.92. The van der Waals surface area contributed by atoms with Crippen molar-refractivity contribution in [2.45, 2.75) is 12.8 Å². The van der Waals surface area contributed by atoms with Gasteiger partial charge in [-0.25, -0.2) is 0 Å². The van der Waals surface area contributed by atoms with E-state index in [4.69, 9.17) is 10.5 Å². The average Bonchev–Trinajstić information content (AvgIpc) is 2.56. The SMILES string of the molecule is C=CC(CCCN)COc1ccc(-c2ccccc2)cc1. The molecular formula is C19H23NO. The fourth-order valence-electron chi connectivity index (χ4n) is 2.23. The van der Waals surface area contributed by atoms with Crippen molar-refractivity contribution in [3.63, 3.8) is 0 Å². The van der Waals surface area contributed by atoms with Gasteiger partial charge in [0.05, 0.1) is 6.61 Å². The van der Waals surface area contributed by atoms with Gasteiger partial charge < -0.3 is 10.5 Å². The lowest BCUT2D eigenvalue weighted by atomic mass is 10.0. The first-order valence-electron chi connectivity index (χ1n) is 7.44. The molecule has 0 bridgehead atoms. The molecule has 0 heterocycles. The van der Waals surface area contributed by atoms with Crippen molar-refractivity contribution in [2.24, 2.45) is 11.7 Å². The minimum Gasteiger partial charge on any atom is -0.493 e. The van der Waals surface area contributed by atoms with Crippen molar-refractivity contribution in [2.75, 3.05) is 13.2 Å². The van der Waals surface area contributed by atoms with Crippen LogP contribution < -0.4 is 10.5 Å². The molecule has 0 saturated carbocycles. The topological polar surface area (TPSA) is 35.2 Å². The van der Waals surface area contributed by atoms with E-state index in [-0.39, 0.29) is 0 Å². The van der Waals surface area contributed by atoms with Crippen molar-refractivity contribution in [3.05, 3.63) is 67.3 Å². The lowest BCUT2D eigenvalue weighted by Crippen LogP contribution is -2.11. The van der Waals surface area contributed by atoms with Crippen LogP contribution in [0, 0.1) is 5.92 Å². The Morgan fingerprint density at radius 2 is 1.67 bits per heavy atom. The Hall–Kier alpha value is -2.06. The van der Waals surface area contributed by atoms with Crippen LogP contribution in [0.15, 0.2) is 67.3 Å². The molecule has 21 heavy (non-hydrogen) atoms. The molecular weight excluding hydrogens is 258 g/mol. The van der Waals surface area contributed by atoms with Crippen molar-refractivity contribution in [3.8, 4) is 16.9 Å². The van der Waals surface area contributed by atoms with Gasteiger partial charge >= 0.3 is 0 Å². The third-order valence-corrected chi connectivity index (χ3v) is 3.54. The first-order chi connectivity index (χ1) is 10.3. The van der Waals surface area contributed by atoms with Crippen molar-refractivity contribution >= 4 is 0 Å². The minimum atomic E-state index is 0.363. The molecule has 0 aliphatic rings. The van der Waals surface area contributed by atoms with Gasteiger partial charge in [-0.15, -0.1) is 6.58 Å². The third kappa shape index (κ3) is 4.76. The number of ether oxygens (including phenoxy) is 1. The van der Waals surface area contributed by atoms with Gasteiger partial charge in [0.15, 0.2) is 0 Å². The summed E-state index contributed by atoms with van der Waals surface area (Å²) in [6.45, 7) is 5.24. The predicted octanol–water partition coefficient (Wildman–Crippen LogP) is 4.27. The van der Waals surface area contributed by atoms with Crippen LogP contribution in [0.1, 0.15) is 12.8 Å². The van der Waals surface area contributed by atoms with Gasteiger partial charge in [-0.3, -0.25) is 0 Å². The normalized spacial score (nSPS) is 11.9. The molecule has 1 atom stereocenters. The minimum absolute atomic E-state index is 0.363. The zero-order valence-corrected chi connectivity index (χ0v) is 12.4. The average molecular weight is 281 g/mol. The number of rotatable bonds is 8. The molecule has 0 saturated heterocycles. The second-order valence-electron chi connectivity index (χ2n) is 5.13. The Morgan fingerprint density at radius 1 is 1.00 bits per heavy atom. The van der Waals surface area contributed by atoms with Crippen LogP contribution in [-0.4, -0.2) is 13.2 Å². The highest BCUT2D eigenvalue weighted by atomic mass is 16.5. The fourth-order valence-corrected chi connectivity index (χ4v) is 2.23. The summed E-state index contributed by atoms with van der Waals surface area (Å²) >= 11 is 0. The van der Waals surface area contributed by atoms with Gasteiger partial charge in [0.2, 0.25) is 0 Å². The molecule has 2 heteroatoms. The van der Waals surface area contributed by atoms with E-state index >= 15 is 0 Å². The predicted molar refractivity (Wildman–Crippen MR) is 89.3 cm³/mol. The summed E-state index contributed by atoms with van der Waals surface area (Å²) < 4.78 is 5.83. The maximum Gasteiger partial charge on any atom is 0.119 e.